The van der Waals surface area contributed by atoms with Crippen molar-refractivity contribution in [3.63, 3.8) is 0 Å². The van der Waals surface area contributed by atoms with Crippen molar-refractivity contribution in [1.29, 1.82) is 0 Å². The van der Waals surface area contributed by atoms with E-state index in [1.165, 1.54) is 4.90 Å². The van der Waals surface area contributed by atoms with Gasteiger partial charge in [-0.3, -0.25) is 33.8 Å². The number of amides is 1. The number of phenolic OH excluding ortho intramolecular Hbond substituents is 1. The van der Waals surface area contributed by atoms with Crippen LogP contribution in [0.25, 0.3) is 0 Å². The smallest absolute Gasteiger partial charge is 0.235 e. The number of likely N-dealkylation sites (N-methyl/N-ethyl adjacent to an activating group) is 2. The summed E-state index contributed by atoms with van der Waals surface area (Å²) in [7, 11) is 8.58. The first-order valence-corrected chi connectivity index (χ1v) is 12.9. The number of hydrogen-bond donors (Lipinski definition) is 3. The number of rotatable bonds is 7. The Morgan fingerprint density at radius 2 is 1.79 bits per heavy atom. The number of fused-ring (bicyclic) bond motifs is 3. The van der Waals surface area contributed by atoms with Crippen molar-refractivity contribution in [1.82, 2.24) is 9.80 Å². The molecule has 11 heteroatoms. The van der Waals surface area contributed by atoms with E-state index in [1.807, 2.05) is 37.0 Å². The van der Waals surface area contributed by atoms with Gasteiger partial charge in [0, 0.05) is 44.4 Å². The molecule has 0 aliphatic heterocycles. The second-order valence-electron chi connectivity index (χ2n) is 11.4. The summed E-state index contributed by atoms with van der Waals surface area (Å²) in [6.07, 6.45) is 1.94. The number of carbonyl (C=O) groups is 5. The predicted molar refractivity (Wildman–Crippen MR) is 142 cm³/mol. The Balaban J connectivity index is 1.87. The number of primary amides is 1. The van der Waals surface area contributed by atoms with E-state index in [9.17, 15) is 34.2 Å². The van der Waals surface area contributed by atoms with Gasteiger partial charge in [0.25, 0.3) is 0 Å². The molecule has 11 nitrogen and oxygen atoms in total. The molecule has 1 aromatic carbocycles. The molecule has 4 N–H and O–H groups in total. The molecule has 3 aliphatic carbocycles. The highest BCUT2D eigenvalue weighted by atomic mass is 16.3. The van der Waals surface area contributed by atoms with Gasteiger partial charge in [-0.2, -0.15) is 0 Å². The SMILES string of the molecule is C=CCN(C)Cc1cc(N(C)C)c2c(c1O)C(=O)C1C(=O)[C@]3(O)C(=O)C(C(N)=O)C(=O)[C@@H](N(C)C)[C@@H]3C[C@@H]1C2. The molecule has 39 heavy (non-hydrogen) atoms. The van der Waals surface area contributed by atoms with Crippen LogP contribution >= 0.6 is 0 Å². The van der Waals surface area contributed by atoms with Gasteiger partial charge in [-0.05, 0) is 51.5 Å². The lowest BCUT2D eigenvalue weighted by Gasteiger charge is -2.52. The third-order valence-corrected chi connectivity index (χ3v) is 8.48. The van der Waals surface area contributed by atoms with Gasteiger partial charge >= 0.3 is 0 Å². The van der Waals surface area contributed by atoms with Crippen LogP contribution in [0.5, 0.6) is 5.75 Å². The maximum absolute atomic E-state index is 14.0. The number of ketones is 4. The van der Waals surface area contributed by atoms with Crippen LogP contribution in [-0.2, 0) is 32.1 Å². The van der Waals surface area contributed by atoms with Crippen molar-refractivity contribution >= 4 is 34.7 Å². The van der Waals surface area contributed by atoms with Gasteiger partial charge in [0.2, 0.25) is 5.91 Å². The molecule has 0 saturated heterocycles. The summed E-state index contributed by atoms with van der Waals surface area (Å²) in [5.41, 5.74) is 4.38. The molecule has 0 heterocycles. The Kier molecular flexibility index (Phi) is 7.30. The molecule has 3 aliphatic rings. The Labute approximate surface area is 227 Å². The summed E-state index contributed by atoms with van der Waals surface area (Å²) in [6.45, 7) is 4.56. The number of Topliss-reactive ketones (excluding diaryl/α,β-unsaturated/α-hetero) is 4. The van der Waals surface area contributed by atoms with Crippen molar-refractivity contribution in [3.8, 4) is 5.75 Å². The van der Waals surface area contributed by atoms with Crippen LogP contribution in [0.2, 0.25) is 0 Å². The van der Waals surface area contributed by atoms with Crippen LogP contribution < -0.4 is 10.6 Å². The Hall–Kier alpha value is -3.41. The quantitative estimate of drug-likeness (QED) is 0.305. The van der Waals surface area contributed by atoms with Gasteiger partial charge < -0.3 is 20.8 Å². The van der Waals surface area contributed by atoms with E-state index in [0.717, 1.165) is 0 Å². The number of aromatic hydroxyl groups is 1. The monoisotopic (exact) mass is 540 g/mol. The molecule has 6 atom stereocenters. The van der Waals surface area contributed by atoms with Crippen molar-refractivity contribution in [2.45, 2.75) is 31.0 Å². The largest absolute Gasteiger partial charge is 0.507 e. The number of carbonyl (C=O) groups excluding carboxylic acids is 5. The highest BCUT2D eigenvalue weighted by Crippen LogP contribution is 2.52. The van der Waals surface area contributed by atoms with Crippen LogP contribution in [0.15, 0.2) is 18.7 Å². The fourth-order valence-electron chi connectivity index (χ4n) is 6.80. The first kappa shape index (κ1) is 28.6. The molecular formula is C28H36N4O7. The highest BCUT2D eigenvalue weighted by molar-refractivity contribution is 6.32. The van der Waals surface area contributed by atoms with Crippen LogP contribution in [0.4, 0.5) is 5.69 Å². The zero-order valence-corrected chi connectivity index (χ0v) is 22.9. The van der Waals surface area contributed by atoms with Gasteiger partial charge in [-0.15, -0.1) is 6.58 Å². The number of nitrogens with two attached hydrogens (primary N) is 1. The minimum absolute atomic E-state index is 0.00482. The molecule has 1 aromatic rings. The van der Waals surface area contributed by atoms with Gasteiger partial charge in [0.05, 0.1) is 17.5 Å². The first-order chi connectivity index (χ1) is 18.2. The second kappa shape index (κ2) is 9.96. The lowest BCUT2D eigenvalue weighted by molar-refractivity contribution is -0.181. The van der Waals surface area contributed by atoms with E-state index in [4.69, 9.17) is 5.73 Å². The molecule has 0 aromatic heterocycles. The zero-order chi connectivity index (χ0) is 29.1. The summed E-state index contributed by atoms with van der Waals surface area (Å²) >= 11 is 0. The van der Waals surface area contributed by atoms with Crippen molar-refractivity contribution < 1.29 is 34.2 Å². The number of aliphatic hydroxyl groups is 1. The molecule has 2 saturated carbocycles. The summed E-state index contributed by atoms with van der Waals surface area (Å²) in [4.78, 5) is 71.9. The van der Waals surface area contributed by atoms with Crippen LogP contribution in [0, 0.1) is 23.7 Å². The maximum atomic E-state index is 14.0. The van der Waals surface area contributed by atoms with E-state index in [-0.39, 0.29) is 24.2 Å². The van der Waals surface area contributed by atoms with Gasteiger partial charge in [-0.25, -0.2) is 0 Å². The van der Waals surface area contributed by atoms with Crippen LogP contribution in [0.3, 0.4) is 0 Å². The lowest BCUT2D eigenvalue weighted by atomic mass is 9.52. The first-order valence-electron chi connectivity index (χ1n) is 12.9. The summed E-state index contributed by atoms with van der Waals surface area (Å²) in [5, 5.41) is 23.0. The Bertz CT molecular complexity index is 1290. The normalized spacial score (nSPS) is 30.2. The second-order valence-corrected chi connectivity index (χ2v) is 11.4. The van der Waals surface area contributed by atoms with E-state index >= 15 is 0 Å². The van der Waals surface area contributed by atoms with E-state index < -0.39 is 64.4 Å². The minimum atomic E-state index is -2.74. The van der Waals surface area contributed by atoms with Gasteiger partial charge in [-0.1, -0.05) is 6.08 Å². The van der Waals surface area contributed by atoms with E-state index in [2.05, 4.69) is 6.58 Å². The number of phenols is 1. The maximum Gasteiger partial charge on any atom is 0.235 e. The molecule has 4 rings (SSSR count). The Morgan fingerprint density at radius 1 is 1.15 bits per heavy atom. The zero-order valence-electron chi connectivity index (χ0n) is 22.9. The standard InChI is InChI=1S/C28H36N4O7/c1-7-8-32(6)12-14-11-17(30(2)3)15-9-13-10-16-21(31(4)5)24(35)20(27(29)38)26(37)28(16,39)25(36)18(13)23(34)19(15)22(14)33/h7,11,13,16,18,20-21,33,39H,1,8-10,12H2,2-6H3,(H2,29,38)/t13-,16-,18?,20?,21-,28-/m0/s1. The molecule has 1 amide bonds. The Morgan fingerprint density at radius 3 is 2.33 bits per heavy atom. The van der Waals surface area contributed by atoms with Crippen molar-refractivity contribution in [2.24, 2.45) is 29.4 Å². The van der Waals surface area contributed by atoms with E-state index in [0.29, 0.717) is 29.9 Å². The van der Waals surface area contributed by atoms with Gasteiger partial charge in [0.15, 0.2) is 34.7 Å². The van der Waals surface area contributed by atoms with Crippen LogP contribution in [0.1, 0.15) is 27.9 Å². The average molecular weight is 541 g/mol. The number of benzene rings is 1. The number of nitrogens with zero attached hydrogens (tertiary/aromatic N) is 3. The van der Waals surface area contributed by atoms with Gasteiger partial charge in [0.1, 0.15) is 5.75 Å². The minimum Gasteiger partial charge on any atom is -0.507 e. The summed E-state index contributed by atoms with van der Waals surface area (Å²) in [5.74, 6) is -10.5. The lowest BCUT2D eigenvalue weighted by Crippen LogP contribution is -2.74. The molecule has 0 bridgehead atoms. The van der Waals surface area contributed by atoms with E-state index in [1.54, 1.807) is 20.2 Å². The number of anilines is 1. The third kappa shape index (κ3) is 4.19. The third-order valence-electron chi connectivity index (χ3n) is 8.48. The van der Waals surface area contributed by atoms with Crippen molar-refractivity contribution in [3.05, 3.63) is 35.4 Å². The summed E-state index contributed by atoms with van der Waals surface area (Å²) < 4.78 is 0. The molecule has 0 radical (unpaired) electrons. The molecule has 210 valence electrons. The highest BCUT2D eigenvalue weighted by Gasteiger charge is 2.69. The van der Waals surface area contributed by atoms with Crippen molar-refractivity contribution in [2.75, 3.05) is 46.7 Å². The molecular weight excluding hydrogens is 504 g/mol. The average Bonchev–Trinajstić information content (AvgIpc) is 2.82. The predicted octanol–water partition coefficient (Wildman–Crippen LogP) is -0.449. The van der Waals surface area contributed by atoms with Crippen LogP contribution in [-0.4, -0.2) is 102 Å². The molecule has 2 unspecified atom stereocenters. The summed E-state index contributed by atoms with van der Waals surface area (Å²) in [6, 6.07) is 0.687. The molecule has 0 spiro atoms. The fourth-order valence-corrected chi connectivity index (χ4v) is 6.80. The fraction of sp³-hybridized carbons (Fsp3) is 0.536. The number of hydrogen-bond acceptors (Lipinski definition) is 10. The topological polar surface area (TPSA) is 162 Å². The molecule has 2 fully saturated rings.